The Kier molecular flexibility index (Phi) is 15.2. The summed E-state index contributed by atoms with van der Waals surface area (Å²) < 4.78 is 71.5. The Morgan fingerprint density at radius 2 is 1.54 bits per heavy atom. The first-order valence-electron chi connectivity index (χ1n) is 20.3. The fourth-order valence-electron chi connectivity index (χ4n) is 7.48. The van der Waals surface area contributed by atoms with E-state index < -0.39 is 73.7 Å². The third-order valence-corrected chi connectivity index (χ3v) is 12.4. The van der Waals surface area contributed by atoms with Crippen molar-refractivity contribution in [2.75, 3.05) is 32.9 Å². The third kappa shape index (κ3) is 11.6. The Bertz CT molecular complexity index is 2210. The van der Waals surface area contributed by atoms with Gasteiger partial charge in [-0.15, -0.1) is 10.1 Å². The molecule has 0 radical (unpaired) electrons. The van der Waals surface area contributed by atoms with Gasteiger partial charge < -0.3 is 28.8 Å². The number of alkyl halides is 3. The van der Waals surface area contributed by atoms with Gasteiger partial charge in [0.25, 0.3) is 11.0 Å². The smallest absolute Gasteiger partial charge is 0.411 e. The highest BCUT2D eigenvalue weighted by Crippen LogP contribution is 2.44. The number of carbonyl (C=O) groups excluding carboxylic acids is 3. The molecule has 2 aliphatic heterocycles. The molecule has 1 aliphatic carbocycles. The molecule has 63 heavy (non-hydrogen) atoms. The highest BCUT2D eigenvalue weighted by molar-refractivity contribution is 6.68. The van der Waals surface area contributed by atoms with Crippen LogP contribution in [0, 0.1) is 33.4 Å². The second kappa shape index (κ2) is 20.2. The van der Waals surface area contributed by atoms with Crippen LogP contribution in [-0.2, 0) is 32.1 Å². The number of hydrogen-bond donors (Lipinski definition) is 0. The predicted molar refractivity (Wildman–Crippen MR) is 223 cm³/mol. The lowest BCUT2D eigenvalue weighted by molar-refractivity contribution is -0.757. The Morgan fingerprint density at radius 3 is 2.21 bits per heavy atom. The molecule has 3 aromatic carbocycles. The van der Waals surface area contributed by atoms with Gasteiger partial charge in [0.2, 0.25) is 9.61 Å². The zero-order valence-corrected chi connectivity index (χ0v) is 36.6. The van der Waals surface area contributed by atoms with Gasteiger partial charge in [0.15, 0.2) is 23.0 Å². The summed E-state index contributed by atoms with van der Waals surface area (Å²) in [6.45, 7) is 2.09. The average molecular weight is 944 g/mol. The van der Waals surface area contributed by atoms with E-state index in [4.69, 9.17) is 49.0 Å². The van der Waals surface area contributed by atoms with Crippen molar-refractivity contribution in [3.63, 3.8) is 0 Å². The van der Waals surface area contributed by atoms with E-state index in [0.717, 1.165) is 11.6 Å². The third-order valence-electron chi connectivity index (χ3n) is 11.0. The van der Waals surface area contributed by atoms with Crippen LogP contribution in [-0.4, -0.2) is 98.3 Å². The summed E-state index contributed by atoms with van der Waals surface area (Å²) in [6.07, 6.45) is 0.922. The second-order valence-corrected chi connectivity index (χ2v) is 18.2. The molecule has 3 aliphatic rings. The van der Waals surface area contributed by atoms with E-state index >= 15 is 9.18 Å². The molecule has 2 unspecified atom stereocenters. The molecule has 3 amide bonds. The standard InChI is InChI=1S/C43H45Cl3F4N4O9/c1-42(2,43(44,45)46)63-41(57)53-30-22-31(27-13-11-26(12-14-27)8-7-20-60-38-34(49)18-17-33(48)37(38)50)36(39(55)52(29-15-16-29)23-28-9-3-4-10-32(28)47)35(53)25-51(24-30)40(56)61-19-5-6-21-62-54(58)59/h3-4,9-14,17-18,29-30,35H,5-8,15-16,19-25H2,1-2H3. The summed E-state index contributed by atoms with van der Waals surface area (Å²) in [4.78, 5) is 62.3. The number of halogens is 7. The van der Waals surface area contributed by atoms with Crippen LogP contribution < -0.4 is 4.74 Å². The number of fused-ring (bicyclic) bond motifs is 2. The first-order valence-corrected chi connectivity index (χ1v) is 21.4. The Balaban J connectivity index is 1.33. The molecule has 1 saturated carbocycles. The molecule has 3 aromatic rings. The fourth-order valence-corrected chi connectivity index (χ4v) is 7.60. The maximum Gasteiger partial charge on any atom is 0.411 e. The number of amides is 3. The Morgan fingerprint density at radius 1 is 0.857 bits per heavy atom. The summed E-state index contributed by atoms with van der Waals surface area (Å²) in [5.74, 6) is -5.46. The van der Waals surface area contributed by atoms with Crippen LogP contribution in [0.3, 0.4) is 0 Å². The molecule has 340 valence electrons. The molecule has 13 nitrogen and oxygen atoms in total. The molecule has 1 saturated heterocycles. The van der Waals surface area contributed by atoms with Crippen LogP contribution in [0.4, 0.5) is 27.2 Å². The first-order chi connectivity index (χ1) is 29.9. The molecule has 20 heteroatoms. The van der Waals surface area contributed by atoms with Gasteiger partial charge in [-0.3, -0.25) is 9.69 Å². The summed E-state index contributed by atoms with van der Waals surface area (Å²) in [7, 11) is 0. The van der Waals surface area contributed by atoms with Gasteiger partial charge in [-0.2, -0.15) is 4.39 Å². The van der Waals surface area contributed by atoms with Crippen molar-refractivity contribution in [1.82, 2.24) is 14.7 Å². The minimum Gasteiger partial charge on any atom is -0.488 e. The highest BCUT2D eigenvalue weighted by Gasteiger charge is 2.52. The van der Waals surface area contributed by atoms with E-state index in [1.165, 1.54) is 29.7 Å². The topological polar surface area (TPSA) is 141 Å². The van der Waals surface area contributed by atoms with Crippen LogP contribution in [0.5, 0.6) is 5.75 Å². The van der Waals surface area contributed by atoms with Crippen molar-refractivity contribution < 1.29 is 56.1 Å². The number of benzene rings is 3. The molecule has 6 rings (SSSR count). The van der Waals surface area contributed by atoms with Crippen LogP contribution in [0.15, 0.2) is 66.2 Å². The van der Waals surface area contributed by atoms with Crippen LogP contribution >= 0.6 is 34.8 Å². The maximum absolute atomic E-state index is 15.2. The Labute approximate surface area is 375 Å². The van der Waals surface area contributed by atoms with Gasteiger partial charge in [0.1, 0.15) is 5.82 Å². The molecule has 0 N–H and O–H groups in total. The van der Waals surface area contributed by atoms with E-state index in [9.17, 15) is 32.9 Å². The number of nitrogens with zero attached hydrogens (tertiary/aromatic N) is 4. The zero-order chi connectivity index (χ0) is 45.6. The van der Waals surface area contributed by atoms with Gasteiger partial charge in [0.05, 0.1) is 31.9 Å². The lowest BCUT2D eigenvalue weighted by Crippen LogP contribution is -2.66. The number of rotatable bonds is 17. The molecule has 0 spiro atoms. The maximum atomic E-state index is 15.2. The molecular weight excluding hydrogens is 899 g/mol. The number of hydrogen-bond acceptors (Lipinski definition) is 9. The number of unbranched alkanes of at least 4 members (excludes halogenated alkanes) is 1. The number of aryl methyl sites for hydroxylation is 1. The molecule has 0 aromatic heterocycles. The van der Waals surface area contributed by atoms with Crippen molar-refractivity contribution in [3.8, 4) is 5.75 Å². The largest absolute Gasteiger partial charge is 0.488 e. The van der Waals surface area contributed by atoms with E-state index in [-0.39, 0.29) is 75.9 Å². The lowest BCUT2D eigenvalue weighted by atomic mass is 9.81. The molecule has 2 fully saturated rings. The number of piperazine rings is 1. The number of carbonyl (C=O) groups is 3. The van der Waals surface area contributed by atoms with E-state index in [0.29, 0.717) is 42.9 Å². The van der Waals surface area contributed by atoms with Crippen molar-refractivity contribution in [3.05, 3.63) is 116 Å². The van der Waals surface area contributed by atoms with Gasteiger partial charge in [0, 0.05) is 36.8 Å². The number of ether oxygens (including phenoxy) is 3. The van der Waals surface area contributed by atoms with Crippen molar-refractivity contribution >= 4 is 58.5 Å². The van der Waals surface area contributed by atoms with Gasteiger partial charge >= 0.3 is 12.2 Å². The average Bonchev–Trinajstić information content (AvgIpc) is 4.07. The minimum atomic E-state index is -2.06. The monoisotopic (exact) mass is 942 g/mol. The second-order valence-electron chi connectivity index (χ2n) is 15.9. The van der Waals surface area contributed by atoms with E-state index in [1.54, 1.807) is 35.2 Å². The SMILES string of the molecule is CC(C)(OC(=O)N1C2CC(c3ccc(CCCOc4c(F)ccc(F)c4F)cc3)=C(C(=O)N(Cc3ccccc3F)C3CC3)C1CN(C(=O)OCCCCO[N+](=O)[O-])C2)C(Cl)(Cl)Cl. The van der Waals surface area contributed by atoms with Crippen LogP contribution in [0.1, 0.15) is 69.1 Å². The first kappa shape index (κ1) is 47.5. The van der Waals surface area contributed by atoms with Crippen molar-refractivity contribution in [1.29, 1.82) is 0 Å². The van der Waals surface area contributed by atoms with Crippen molar-refractivity contribution in [2.24, 2.45) is 0 Å². The summed E-state index contributed by atoms with van der Waals surface area (Å²) in [5, 5.41) is 9.59. The highest BCUT2D eigenvalue weighted by atomic mass is 35.6. The molecule has 2 bridgehead atoms. The summed E-state index contributed by atoms with van der Waals surface area (Å²) >= 11 is 18.6. The molecule has 2 heterocycles. The molecule has 2 atom stereocenters. The van der Waals surface area contributed by atoms with E-state index in [2.05, 4.69) is 4.84 Å². The quantitative estimate of drug-likeness (QED) is 0.0323. The Hall–Kier alpha value is -5.00. The minimum absolute atomic E-state index is 0.0407. The summed E-state index contributed by atoms with van der Waals surface area (Å²) in [5.41, 5.74) is 0.797. The van der Waals surface area contributed by atoms with Crippen molar-refractivity contribution in [2.45, 2.75) is 92.9 Å². The normalized spacial score (nSPS) is 17.6. The fraction of sp³-hybridized carbons (Fsp3) is 0.465. The van der Waals surface area contributed by atoms with Gasteiger partial charge in [-0.05, 0) is 93.7 Å². The predicted octanol–water partition coefficient (Wildman–Crippen LogP) is 9.37. The van der Waals surface area contributed by atoms with E-state index in [1.807, 2.05) is 12.1 Å². The van der Waals surface area contributed by atoms with Gasteiger partial charge in [-0.1, -0.05) is 77.3 Å². The lowest BCUT2D eigenvalue weighted by Gasteiger charge is -2.51. The summed E-state index contributed by atoms with van der Waals surface area (Å²) in [6, 6.07) is 12.6. The van der Waals surface area contributed by atoms with Crippen LogP contribution in [0.25, 0.3) is 5.57 Å². The zero-order valence-electron chi connectivity index (χ0n) is 34.3. The molecular formula is C43H45Cl3F4N4O9. The van der Waals surface area contributed by atoms with Crippen LogP contribution in [0.2, 0.25) is 0 Å². The van der Waals surface area contributed by atoms with Gasteiger partial charge in [-0.25, -0.2) is 22.8 Å².